The van der Waals surface area contributed by atoms with E-state index in [-0.39, 0.29) is 5.82 Å². The number of fused-ring (bicyclic) bond motifs is 1. The number of ether oxygens (including phenoxy) is 2. The van der Waals surface area contributed by atoms with Gasteiger partial charge in [0, 0.05) is 19.6 Å². The van der Waals surface area contributed by atoms with E-state index in [1.54, 1.807) is 12.1 Å². The normalized spacial score (nSPS) is 13.5. The van der Waals surface area contributed by atoms with E-state index in [1.807, 2.05) is 0 Å². The highest BCUT2D eigenvalue weighted by Crippen LogP contribution is 2.26. The summed E-state index contributed by atoms with van der Waals surface area (Å²) in [4.78, 5) is 0. The van der Waals surface area contributed by atoms with E-state index in [2.05, 4.69) is 0 Å². The molecule has 1 heterocycles. The summed E-state index contributed by atoms with van der Waals surface area (Å²) in [7, 11) is 2.99. The van der Waals surface area contributed by atoms with Gasteiger partial charge in [-0.25, -0.2) is 4.39 Å². The van der Waals surface area contributed by atoms with Crippen molar-refractivity contribution in [3.8, 4) is 0 Å². The molecular formula is C12H14FNO3. The molecule has 1 unspecified atom stereocenters. The molecule has 0 saturated carbocycles. The van der Waals surface area contributed by atoms with Gasteiger partial charge >= 0.3 is 0 Å². The number of furan rings is 1. The third-order valence-electron chi connectivity index (χ3n) is 2.58. The second-order valence-corrected chi connectivity index (χ2v) is 3.70. The molecule has 0 radical (unpaired) electrons. The van der Waals surface area contributed by atoms with Crippen LogP contribution in [0.15, 0.2) is 28.7 Å². The molecule has 5 heteroatoms. The van der Waals surface area contributed by atoms with Crippen molar-refractivity contribution < 1.29 is 18.3 Å². The smallest absolute Gasteiger partial charge is 0.179 e. The van der Waals surface area contributed by atoms with Gasteiger partial charge in [0.05, 0.1) is 0 Å². The monoisotopic (exact) mass is 239 g/mol. The van der Waals surface area contributed by atoms with Crippen molar-refractivity contribution >= 4 is 11.0 Å². The summed E-state index contributed by atoms with van der Waals surface area (Å²) in [5.74, 6) is 0.188. The third kappa shape index (κ3) is 2.31. The zero-order chi connectivity index (χ0) is 12.4. The van der Waals surface area contributed by atoms with Crippen LogP contribution in [0, 0.1) is 5.82 Å². The number of halogens is 1. The minimum Gasteiger partial charge on any atom is -0.459 e. The number of methoxy groups -OCH3 is 2. The van der Waals surface area contributed by atoms with E-state index in [0.717, 1.165) is 0 Å². The van der Waals surface area contributed by atoms with Gasteiger partial charge in [-0.1, -0.05) is 0 Å². The average molecular weight is 239 g/mol. The van der Waals surface area contributed by atoms with Crippen LogP contribution in [0.4, 0.5) is 4.39 Å². The van der Waals surface area contributed by atoms with Gasteiger partial charge in [0.25, 0.3) is 0 Å². The minimum atomic E-state index is -0.597. The lowest BCUT2D eigenvalue weighted by atomic mass is 10.2. The fourth-order valence-corrected chi connectivity index (χ4v) is 1.72. The van der Waals surface area contributed by atoms with Crippen molar-refractivity contribution in [3.05, 3.63) is 35.8 Å². The molecule has 0 aliphatic heterocycles. The summed E-state index contributed by atoms with van der Waals surface area (Å²) in [6, 6.07) is 5.43. The van der Waals surface area contributed by atoms with E-state index in [9.17, 15) is 4.39 Å². The molecule has 0 saturated heterocycles. The summed E-state index contributed by atoms with van der Waals surface area (Å²) < 4.78 is 28.6. The molecule has 17 heavy (non-hydrogen) atoms. The molecular weight excluding hydrogens is 225 g/mol. The first-order chi connectivity index (χ1) is 8.15. The standard InChI is InChI=1S/C12H14FNO3/c1-15-12(16-2)11(14)10-6-7-5-8(13)3-4-9(7)17-10/h3-6,11-12H,14H2,1-2H3. The van der Waals surface area contributed by atoms with Gasteiger partial charge in [0.1, 0.15) is 23.2 Å². The number of rotatable bonds is 4. The van der Waals surface area contributed by atoms with Crippen molar-refractivity contribution in [3.63, 3.8) is 0 Å². The Balaban J connectivity index is 2.35. The van der Waals surface area contributed by atoms with Gasteiger partial charge in [-0.05, 0) is 24.3 Å². The zero-order valence-corrected chi connectivity index (χ0v) is 9.64. The Bertz CT molecular complexity index is 507. The first-order valence-corrected chi connectivity index (χ1v) is 5.16. The van der Waals surface area contributed by atoms with Crippen LogP contribution in [-0.4, -0.2) is 20.5 Å². The van der Waals surface area contributed by atoms with Crippen LogP contribution >= 0.6 is 0 Å². The Morgan fingerprint density at radius 1 is 1.24 bits per heavy atom. The highest BCUT2D eigenvalue weighted by atomic mass is 19.1. The maximum Gasteiger partial charge on any atom is 0.179 e. The van der Waals surface area contributed by atoms with E-state index in [1.165, 1.54) is 26.4 Å². The fourth-order valence-electron chi connectivity index (χ4n) is 1.72. The van der Waals surface area contributed by atoms with Gasteiger partial charge in [-0.15, -0.1) is 0 Å². The molecule has 0 fully saturated rings. The first-order valence-electron chi connectivity index (χ1n) is 5.16. The van der Waals surface area contributed by atoms with Gasteiger partial charge in [0.15, 0.2) is 6.29 Å². The Labute approximate surface area is 98.1 Å². The highest BCUT2D eigenvalue weighted by Gasteiger charge is 2.22. The quantitative estimate of drug-likeness (QED) is 0.831. The summed E-state index contributed by atoms with van der Waals surface area (Å²) in [6.45, 7) is 0. The van der Waals surface area contributed by atoms with E-state index < -0.39 is 12.3 Å². The Morgan fingerprint density at radius 3 is 2.59 bits per heavy atom. The van der Waals surface area contributed by atoms with Crippen molar-refractivity contribution in [1.29, 1.82) is 0 Å². The van der Waals surface area contributed by atoms with Crippen molar-refractivity contribution in [2.24, 2.45) is 5.73 Å². The molecule has 0 spiro atoms. The average Bonchev–Trinajstić information content (AvgIpc) is 2.73. The van der Waals surface area contributed by atoms with E-state index in [4.69, 9.17) is 19.6 Å². The molecule has 0 aliphatic carbocycles. The van der Waals surface area contributed by atoms with Gasteiger partial charge < -0.3 is 19.6 Å². The Kier molecular flexibility index (Phi) is 3.42. The Hall–Kier alpha value is -1.43. The SMILES string of the molecule is COC(OC)C(N)c1cc2cc(F)ccc2o1. The van der Waals surface area contributed by atoms with Crippen LogP contribution in [0.3, 0.4) is 0 Å². The second kappa shape index (κ2) is 4.83. The van der Waals surface area contributed by atoms with Crippen LogP contribution in [0.2, 0.25) is 0 Å². The molecule has 2 aromatic rings. The molecule has 1 aromatic carbocycles. The highest BCUT2D eigenvalue weighted by molar-refractivity contribution is 5.78. The molecule has 0 bridgehead atoms. The fraction of sp³-hybridized carbons (Fsp3) is 0.333. The van der Waals surface area contributed by atoms with Crippen LogP contribution in [0.1, 0.15) is 11.8 Å². The zero-order valence-electron chi connectivity index (χ0n) is 9.64. The van der Waals surface area contributed by atoms with Gasteiger partial charge in [-0.2, -0.15) is 0 Å². The lowest BCUT2D eigenvalue weighted by Crippen LogP contribution is -2.29. The molecule has 2 rings (SSSR count). The third-order valence-corrected chi connectivity index (χ3v) is 2.58. The van der Waals surface area contributed by atoms with Crippen LogP contribution in [-0.2, 0) is 9.47 Å². The molecule has 92 valence electrons. The van der Waals surface area contributed by atoms with Gasteiger partial charge in [0.2, 0.25) is 0 Å². The van der Waals surface area contributed by atoms with Crippen LogP contribution in [0.25, 0.3) is 11.0 Å². The molecule has 4 nitrogen and oxygen atoms in total. The predicted molar refractivity (Wildman–Crippen MR) is 60.9 cm³/mol. The number of hydrogen-bond acceptors (Lipinski definition) is 4. The molecule has 2 N–H and O–H groups in total. The molecule has 1 atom stereocenters. The largest absolute Gasteiger partial charge is 0.459 e. The van der Waals surface area contributed by atoms with Crippen LogP contribution in [0.5, 0.6) is 0 Å². The Morgan fingerprint density at radius 2 is 1.94 bits per heavy atom. The van der Waals surface area contributed by atoms with Gasteiger partial charge in [-0.3, -0.25) is 0 Å². The maximum absolute atomic E-state index is 13.0. The number of benzene rings is 1. The van der Waals surface area contributed by atoms with Crippen LogP contribution < -0.4 is 5.73 Å². The summed E-state index contributed by atoms with van der Waals surface area (Å²) >= 11 is 0. The van der Waals surface area contributed by atoms with E-state index >= 15 is 0 Å². The van der Waals surface area contributed by atoms with E-state index in [0.29, 0.717) is 16.7 Å². The summed E-state index contributed by atoms with van der Waals surface area (Å²) in [6.07, 6.45) is -0.597. The van der Waals surface area contributed by atoms with Crippen molar-refractivity contribution in [2.45, 2.75) is 12.3 Å². The molecule has 0 aliphatic rings. The molecule has 0 amide bonds. The molecule has 1 aromatic heterocycles. The predicted octanol–water partition coefficient (Wildman–Crippen LogP) is 2.19. The maximum atomic E-state index is 13.0. The summed E-state index contributed by atoms with van der Waals surface area (Å²) in [5, 5.41) is 0.668. The lowest BCUT2D eigenvalue weighted by Gasteiger charge is -2.18. The minimum absolute atomic E-state index is 0.312. The van der Waals surface area contributed by atoms with Crippen molar-refractivity contribution in [2.75, 3.05) is 14.2 Å². The number of nitrogens with two attached hydrogens (primary N) is 1. The number of hydrogen-bond donors (Lipinski definition) is 1. The lowest BCUT2D eigenvalue weighted by molar-refractivity contribution is -0.120. The second-order valence-electron chi connectivity index (χ2n) is 3.70. The topological polar surface area (TPSA) is 57.6 Å². The summed E-state index contributed by atoms with van der Waals surface area (Å²) in [5.41, 5.74) is 6.51. The first kappa shape index (κ1) is 12.0. The van der Waals surface area contributed by atoms with Crippen molar-refractivity contribution in [1.82, 2.24) is 0 Å².